The van der Waals surface area contributed by atoms with Gasteiger partial charge in [-0.15, -0.1) is 0 Å². The van der Waals surface area contributed by atoms with E-state index in [2.05, 4.69) is 13.8 Å². The molecule has 0 saturated carbocycles. The van der Waals surface area contributed by atoms with E-state index in [4.69, 9.17) is 14.2 Å². The van der Waals surface area contributed by atoms with E-state index >= 15 is 0 Å². The number of carbonyl (C=O) groups is 2. The van der Waals surface area contributed by atoms with E-state index in [1.807, 2.05) is 20.8 Å². The van der Waals surface area contributed by atoms with Crippen LogP contribution in [0.3, 0.4) is 0 Å². The quantitative estimate of drug-likeness (QED) is 0.631. The average molecular weight is 342 g/mol. The van der Waals surface area contributed by atoms with Crippen molar-refractivity contribution in [2.45, 2.75) is 72.2 Å². The normalized spacial score (nSPS) is 32.9. The minimum absolute atomic E-state index is 0.00587. The third-order valence-corrected chi connectivity index (χ3v) is 5.61. The third kappa shape index (κ3) is 4.57. The molecule has 1 aliphatic rings. The lowest BCUT2D eigenvalue weighted by Crippen LogP contribution is -2.54. The highest BCUT2D eigenvalue weighted by molar-refractivity contribution is 5.80. The number of carbonyl (C=O) groups excluding carboxylic acids is 2. The van der Waals surface area contributed by atoms with Crippen molar-refractivity contribution in [1.82, 2.24) is 0 Å². The number of methoxy groups -OCH3 is 2. The van der Waals surface area contributed by atoms with E-state index < -0.39 is 5.79 Å². The van der Waals surface area contributed by atoms with Crippen LogP contribution in [-0.4, -0.2) is 37.9 Å². The van der Waals surface area contributed by atoms with Crippen LogP contribution >= 0.6 is 0 Å². The number of rotatable bonds is 8. The SMILES string of the molecule is CCC(=O)[C@@H](C)CC[C@]1(OC)O[C@H]([C@@H](C)C(=O)OC)[C@@H](C)C[C@@H]1C. The van der Waals surface area contributed by atoms with Crippen molar-refractivity contribution in [1.29, 1.82) is 0 Å². The summed E-state index contributed by atoms with van der Waals surface area (Å²) in [5, 5.41) is 0. The molecular weight excluding hydrogens is 308 g/mol. The molecule has 0 aliphatic carbocycles. The molecule has 1 saturated heterocycles. The maximum absolute atomic E-state index is 11.9. The molecule has 5 nitrogen and oxygen atoms in total. The molecule has 0 aromatic heterocycles. The molecule has 0 spiro atoms. The first-order chi connectivity index (χ1) is 11.2. The van der Waals surface area contributed by atoms with Gasteiger partial charge in [-0.3, -0.25) is 9.59 Å². The lowest BCUT2D eigenvalue weighted by molar-refractivity contribution is -0.315. The Morgan fingerprint density at radius 1 is 1.25 bits per heavy atom. The molecule has 1 fully saturated rings. The predicted octanol–water partition coefficient (Wildman–Crippen LogP) is 3.59. The Morgan fingerprint density at radius 3 is 2.38 bits per heavy atom. The molecule has 0 unspecified atom stereocenters. The van der Waals surface area contributed by atoms with Crippen molar-refractivity contribution >= 4 is 11.8 Å². The molecule has 0 aromatic rings. The standard InChI is InChI=1S/C19H34O5/c1-8-16(20)12(2)9-10-19(23-7)14(4)11-13(3)17(24-19)15(5)18(21)22-6/h12-15,17H,8-11H2,1-7H3/t12-,13-,14-,15+,17-,19-/m0/s1. The van der Waals surface area contributed by atoms with Gasteiger partial charge in [0.2, 0.25) is 0 Å². The van der Waals surface area contributed by atoms with Gasteiger partial charge in [0.25, 0.3) is 0 Å². The summed E-state index contributed by atoms with van der Waals surface area (Å²) in [5.74, 6) is -0.662. The summed E-state index contributed by atoms with van der Waals surface area (Å²) in [6.45, 7) is 9.90. The van der Waals surface area contributed by atoms with Gasteiger partial charge < -0.3 is 14.2 Å². The highest BCUT2D eigenvalue weighted by Gasteiger charge is 2.48. The van der Waals surface area contributed by atoms with E-state index in [-0.39, 0.29) is 41.5 Å². The summed E-state index contributed by atoms with van der Waals surface area (Å²) in [4.78, 5) is 23.8. The first kappa shape index (κ1) is 21.1. The molecule has 6 atom stereocenters. The lowest BCUT2D eigenvalue weighted by atomic mass is 9.77. The van der Waals surface area contributed by atoms with E-state index in [0.29, 0.717) is 12.8 Å². The summed E-state index contributed by atoms with van der Waals surface area (Å²) in [6, 6.07) is 0. The molecule has 0 aromatic carbocycles. The predicted molar refractivity (Wildman–Crippen MR) is 92.4 cm³/mol. The van der Waals surface area contributed by atoms with Gasteiger partial charge in [0.15, 0.2) is 5.79 Å². The highest BCUT2D eigenvalue weighted by atomic mass is 16.7. The second kappa shape index (κ2) is 8.95. The van der Waals surface area contributed by atoms with E-state index in [1.165, 1.54) is 7.11 Å². The van der Waals surface area contributed by atoms with Crippen molar-refractivity contribution in [2.24, 2.45) is 23.7 Å². The topological polar surface area (TPSA) is 61.8 Å². The Balaban J connectivity index is 2.90. The number of ketones is 1. The van der Waals surface area contributed by atoms with Crippen LogP contribution in [0.4, 0.5) is 0 Å². The zero-order valence-electron chi connectivity index (χ0n) is 16.3. The van der Waals surface area contributed by atoms with Crippen molar-refractivity contribution in [3.63, 3.8) is 0 Å². The Labute approximate surface area is 146 Å². The lowest BCUT2D eigenvalue weighted by Gasteiger charge is -2.48. The summed E-state index contributed by atoms with van der Waals surface area (Å²) < 4.78 is 17.1. The summed E-state index contributed by atoms with van der Waals surface area (Å²) in [7, 11) is 3.05. The van der Waals surface area contributed by atoms with Gasteiger partial charge in [0, 0.05) is 31.8 Å². The Hall–Kier alpha value is -0.940. The van der Waals surface area contributed by atoms with Crippen LogP contribution in [-0.2, 0) is 23.8 Å². The summed E-state index contributed by atoms with van der Waals surface area (Å²) in [5.41, 5.74) is 0. The molecule has 1 rings (SSSR count). The average Bonchev–Trinajstić information content (AvgIpc) is 2.59. The smallest absolute Gasteiger partial charge is 0.311 e. The van der Waals surface area contributed by atoms with Gasteiger partial charge in [-0.2, -0.15) is 0 Å². The molecule has 1 aliphatic heterocycles. The number of Topliss-reactive ketones (excluding diaryl/α,β-unsaturated/α-hetero) is 1. The zero-order valence-corrected chi connectivity index (χ0v) is 16.3. The third-order valence-electron chi connectivity index (χ3n) is 5.61. The number of hydrogen-bond donors (Lipinski definition) is 0. The fourth-order valence-corrected chi connectivity index (χ4v) is 3.83. The van der Waals surface area contributed by atoms with Crippen molar-refractivity contribution in [3.05, 3.63) is 0 Å². The molecular formula is C19H34O5. The fourth-order valence-electron chi connectivity index (χ4n) is 3.83. The van der Waals surface area contributed by atoms with E-state index in [0.717, 1.165) is 12.8 Å². The van der Waals surface area contributed by atoms with Crippen LogP contribution < -0.4 is 0 Å². The molecule has 0 radical (unpaired) electrons. The fraction of sp³-hybridized carbons (Fsp3) is 0.895. The summed E-state index contributed by atoms with van der Waals surface area (Å²) >= 11 is 0. The Morgan fingerprint density at radius 2 is 1.88 bits per heavy atom. The first-order valence-electron chi connectivity index (χ1n) is 9.05. The monoisotopic (exact) mass is 342 g/mol. The van der Waals surface area contributed by atoms with E-state index in [1.54, 1.807) is 7.11 Å². The largest absolute Gasteiger partial charge is 0.469 e. The van der Waals surface area contributed by atoms with Gasteiger partial charge in [0.05, 0.1) is 19.1 Å². The number of ether oxygens (including phenoxy) is 3. The molecule has 5 heteroatoms. The van der Waals surface area contributed by atoms with Crippen molar-refractivity contribution in [3.8, 4) is 0 Å². The van der Waals surface area contributed by atoms with Crippen LogP contribution in [0.1, 0.15) is 60.3 Å². The van der Waals surface area contributed by atoms with Crippen LogP contribution in [0.25, 0.3) is 0 Å². The van der Waals surface area contributed by atoms with Gasteiger partial charge in [0.1, 0.15) is 5.78 Å². The van der Waals surface area contributed by atoms with Crippen molar-refractivity contribution in [2.75, 3.05) is 14.2 Å². The van der Waals surface area contributed by atoms with Gasteiger partial charge in [-0.05, 0) is 25.7 Å². The number of hydrogen-bond acceptors (Lipinski definition) is 5. The van der Waals surface area contributed by atoms with Gasteiger partial charge >= 0.3 is 5.97 Å². The van der Waals surface area contributed by atoms with Crippen LogP contribution in [0, 0.1) is 23.7 Å². The highest BCUT2D eigenvalue weighted by Crippen LogP contribution is 2.43. The van der Waals surface area contributed by atoms with Gasteiger partial charge in [-0.1, -0.05) is 27.7 Å². The minimum atomic E-state index is -0.748. The van der Waals surface area contributed by atoms with Crippen LogP contribution in [0.5, 0.6) is 0 Å². The molecule has 1 heterocycles. The Kier molecular flexibility index (Phi) is 7.87. The second-order valence-corrected chi connectivity index (χ2v) is 7.28. The Bertz CT molecular complexity index is 435. The van der Waals surface area contributed by atoms with Crippen molar-refractivity contribution < 1.29 is 23.8 Å². The maximum atomic E-state index is 11.9. The van der Waals surface area contributed by atoms with Crippen LogP contribution in [0.15, 0.2) is 0 Å². The maximum Gasteiger partial charge on any atom is 0.311 e. The minimum Gasteiger partial charge on any atom is -0.469 e. The number of esters is 1. The summed E-state index contributed by atoms with van der Waals surface area (Å²) in [6.07, 6.45) is 2.59. The molecule has 24 heavy (non-hydrogen) atoms. The zero-order chi connectivity index (χ0) is 18.5. The molecule has 140 valence electrons. The molecule has 0 N–H and O–H groups in total. The molecule has 0 bridgehead atoms. The first-order valence-corrected chi connectivity index (χ1v) is 9.05. The second-order valence-electron chi connectivity index (χ2n) is 7.28. The molecule has 0 amide bonds. The van der Waals surface area contributed by atoms with Gasteiger partial charge in [-0.25, -0.2) is 0 Å². The van der Waals surface area contributed by atoms with E-state index in [9.17, 15) is 9.59 Å². The van der Waals surface area contributed by atoms with Crippen LogP contribution in [0.2, 0.25) is 0 Å².